The SMILES string of the molecule is CCc1ccccc1-c1c[cH-]c2ccccc12.C[Si](C)=[Zr+2].Cc1[cH-]c(C)c(C)c1C. The molecule has 0 aliphatic carbocycles. The largest absolute Gasteiger partial charge is 0.196 e. The number of benzene rings is 2. The zero-order chi connectivity index (χ0) is 22.3. The second-order valence-electron chi connectivity index (χ2n) is 8.11. The topological polar surface area (TPSA) is 0 Å². The summed E-state index contributed by atoms with van der Waals surface area (Å²) in [6.45, 7) is 15.5. The molecule has 0 nitrogen and oxygen atoms in total. The van der Waals surface area contributed by atoms with Crippen molar-refractivity contribution >= 4 is 16.2 Å². The summed E-state index contributed by atoms with van der Waals surface area (Å²) in [7, 11) is 0. The van der Waals surface area contributed by atoms with Crippen molar-refractivity contribution in [2.45, 2.75) is 54.1 Å². The molecule has 0 bridgehead atoms. The Bertz CT molecular complexity index is 1080. The summed E-state index contributed by atoms with van der Waals surface area (Å²) in [6.07, 6.45) is 1.08. The first kappa shape index (κ1) is 24.8. The molecule has 30 heavy (non-hydrogen) atoms. The monoisotopic (exact) mass is 488 g/mol. The maximum Gasteiger partial charge on any atom is -0.0632 e. The Balaban J connectivity index is 0.000000207. The molecule has 4 aromatic rings. The van der Waals surface area contributed by atoms with E-state index in [9.17, 15) is 0 Å². The predicted octanol–water partition coefficient (Wildman–Crippen LogP) is 8.21. The van der Waals surface area contributed by atoms with Crippen LogP contribution in [0.4, 0.5) is 0 Å². The molecule has 0 aliphatic rings. The van der Waals surface area contributed by atoms with E-state index in [-0.39, 0.29) is 5.43 Å². The minimum Gasteiger partial charge on any atom is -0.196 e. The predicted molar refractivity (Wildman–Crippen MR) is 133 cm³/mol. The summed E-state index contributed by atoms with van der Waals surface area (Å²) in [4.78, 5) is 0. The van der Waals surface area contributed by atoms with Crippen molar-refractivity contribution < 1.29 is 23.3 Å². The van der Waals surface area contributed by atoms with Gasteiger partial charge in [-0.15, -0.1) is 46.7 Å². The molecular formula is C28H34SiZr. The van der Waals surface area contributed by atoms with Crippen LogP contribution in [0.2, 0.25) is 13.1 Å². The quantitative estimate of drug-likeness (QED) is 0.196. The van der Waals surface area contributed by atoms with Crippen LogP contribution in [-0.2, 0) is 29.8 Å². The molecule has 0 saturated carbocycles. The Morgan fingerprint density at radius 1 is 0.800 bits per heavy atom. The molecule has 2 heteroatoms. The number of fused-ring (bicyclic) bond motifs is 1. The zero-order valence-corrected chi connectivity index (χ0v) is 23.0. The van der Waals surface area contributed by atoms with Gasteiger partial charge in [-0.25, -0.2) is 0 Å². The zero-order valence-electron chi connectivity index (χ0n) is 19.6. The van der Waals surface area contributed by atoms with Crippen molar-refractivity contribution in [3.05, 3.63) is 94.5 Å². The average molecular weight is 490 g/mol. The summed E-state index contributed by atoms with van der Waals surface area (Å²) < 4.78 is 0. The summed E-state index contributed by atoms with van der Waals surface area (Å²) in [5.41, 5.74) is 10.1. The van der Waals surface area contributed by atoms with Crippen LogP contribution in [0.5, 0.6) is 0 Å². The summed E-state index contributed by atoms with van der Waals surface area (Å²) in [5.74, 6) is 0. The van der Waals surface area contributed by atoms with E-state index in [1.54, 1.807) is 23.3 Å². The number of hydrogen-bond acceptors (Lipinski definition) is 0. The van der Waals surface area contributed by atoms with Crippen LogP contribution in [-0.4, -0.2) is 5.43 Å². The number of aryl methyl sites for hydroxylation is 3. The molecule has 0 atom stereocenters. The fraction of sp³-hybridized carbons (Fsp3) is 0.286. The van der Waals surface area contributed by atoms with Crippen LogP contribution >= 0.6 is 0 Å². The molecule has 0 fully saturated rings. The molecule has 4 aromatic carbocycles. The number of rotatable bonds is 2. The molecule has 0 radical (unpaired) electrons. The van der Waals surface area contributed by atoms with Crippen molar-refractivity contribution in [1.82, 2.24) is 0 Å². The average Bonchev–Trinajstić information content (AvgIpc) is 3.25. The fourth-order valence-corrected chi connectivity index (χ4v) is 3.61. The van der Waals surface area contributed by atoms with Crippen LogP contribution < -0.4 is 0 Å². The van der Waals surface area contributed by atoms with Crippen molar-refractivity contribution in [3.63, 3.8) is 0 Å². The van der Waals surface area contributed by atoms with Gasteiger partial charge in [0.25, 0.3) is 0 Å². The third-order valence-corrected chi connectivity index (χ3v) is 5.55. The smallest absolute Gasteiger partial charge is 0.0632 e. The van der Waals surface area contributed by atoms with Gasteiger partial charge < -0.3 is 0 Å². The second-order valence-corrected chi connectivity index (χ2v) is 17.5. The molecule has 0 amide bonds. The van der Waals surface area contributed by atoms with Crippen LogP contribution in [0.1, 0.15) is 34.7 Å². The first-order valence-electron chi connectivity index (χ1n) is 10.7. The second kappa shape index (κ2) is 11.8. The van der Waals surface area contributed by atoms with Gasteiger partial charge in [0.15, 0.2) is 0 Å². The van der Waals surface area contributed by atoms with E-state index in [0.29, 0.717) is 0 Å². The third-order valence-electron chi connectivity index (χ3n) is 5.55. The third kappa shape index (κ3) is 6.50. The van der Waals surface area contributed by atoms with Gasteiger partial charge in [-0.2, -0.15) is 28.3 Å². The minimum absolute atomic E-state index is 0.210. The number of hydrogen-bond donors (Lipinski definition) is 0. The standard InChI is InChI=1S/C17H15.C9H13.C2H6Si.Zr/c1-2-13-7-3-5-9-15(13)17-12-11-14-8-4-6-10-16(14)17;1-6-5-7(2)9(4)8(6)3;1-3-2;/h3-12H,2H2,1H3;5H,1-4H3;1-2H3;/q2*-1;;+2. The summed E-state index contributed by atoms with van der Waals surface area (Å²) in [6, 6.07) is 23.9. The van der Waals surface area contributed by atoms with Gasteiger partial charge in [0.1, 0.15) is 0 Å². The Morgan fingerprint density at radius 2 is 1.33 bits per heavy atom. The molecule has 154 valence electrons. The molecule has 0 heterocycles. The maximum atomic E-state index is 2.31. The van der Waals surface area contributed by atoms with Gasteiger partial charge in [-0.05, 0) is 6.42 Å². The van der Waals surface area contributed by atoms with Crippen LogP contribution in [0.25, 0.3) is 21.9 Å². The van der Waals surface area contributed by atoms with Crippen LogP contribution in [0.15, 0.2) is 66.7 Å². The maximum absolute atomic E-state index is 2.31. The van der Waals surface area contributed by atoms with Gasteiger partial charge in [-0.3, -0.25) is 0 Å². The Hall–Kier alpha value is -1.50. The van der Waals surface area contributed by atoms with Gasteiger partial charge >= 0.3 is 41.9 Å². The van der Waals surface area contributed by atoms with Crippen molar-refractivity contribution in [1.29, 1.82) is 0 Å². The van der Waals surface area contributed by atoms with E-state index in [2.05, 4.69) is 114 Å². The van der Waals surface area contributed by atoms with E-state index in [0.717, 1.165) is 6.42 Å². The molecule has 0 saturated heterocycles. The summed E-state index contributed by atoms with van der Waals surface area (Å²) in [5, 5.41) is 2.68. The fourth-order valence-electron chi connectivity index (χ4n) is 3.61. The van der Waals surface area contributed by atoms with Crippen molar-refractivity contribution in [2.24, 2.45) is 0 Å². The molecule has 0 aliphatic heterocycles. The van der Waals surface area contributed by atoms with E-state index >= 15 is 0 Å². The van der Waals surface area contributed by atoms with Crippen molar-refractivity contribution in [3.8, 4) is 11.1 Å². The van der Waals surface area contributed by atoms with Gasteiger partial charge in [0, 0.05) is 0 Å². The Morgan fingerprint density at radius 3 is 1.87 bits per heavy atom. The van der Waals surface area contributed by atoms with E-state index in [1.165, 1.54) is 49.7 Å². The van der Waals surface area contributed by atoms with E-state index in [4.69, 9.17) is 0 Å². The van der Waals surface area contributed by atoms with Gasteiger partial charge in [-0.1, -0.05) is 76.1 Å². The Labute approximate surface area is 198 Å². The molecule has 4 rings (SSSR count). The molecule has 0 spiro atoms. The molecule has 0 aromatic heterocycles. The van der Waals surface area contributed by atoms with E-state index < -0.39 is 0 Å². The molecule has 0 unspecified atom stereocenters. The first-order valence-corrected chi connectivity index (χ1v) is 16.9. The Kier molecular flexibility index (Phi) is 9.72. The van der Waals surface area contributed by atoms with Gasteiger partial charge in [0.05, 0.1) is 0 Å². The van der Waals surface area contributed by atoms with E-state index in [1.807, 2.05) is 0 Å². The minimum atomic E-state index is 0.210. The van der Waals surface area contributed by atoms with Gasteiger partial charge in [0.2, 0.25) is 0 Å². The normalized spacial score (nSPS) is 10.2. The van der Waals surface area contributed by atoms with Crippen molar-refractivity contribution in [2.75, 3.05) is 0 Å². The van der Waals surface area contributed by atoms with Crippen LogP contribution in [0.3, 0.4) is 0 Å². The molecular weight excluding hydrogens is 456 g/mol. The van der Waals surface area contributed by atoms with Crippen LogP contribution in [0, 0.1) is 27.7 Å². The summed E-state index contributed by atoms with van der Waals surface area (Å²) >= 11 is 1.74. The first-order chi connectivity index (χ1) is 14.3. The molecule has 0 N–H and O–H groups in total.